The van der Waals surface area contributed by atoms with Crippen LogP contribution in [0.25, 0.3) is 0 Å². The first-order valence-electron chi connectivity index (χ1n) is 6.99. The van der Waals surface area contributed by atoms with Crippen molar-refractivity contribution in [2.24, 2.45) is 11.3 Å². The van der Waals surface area contributed by atoms with Crippen LogP contribution >= 0.6 is 11.8 Å². The predicted molar refractivity (Wildman–Crippen MR) is 82.1 cm³/mol. The summed E-state index contributed by atoms with van der Waals surface area (Å²) in [6.07, 6.45) is 2.10. The zero-order valence-electron chi connectivity index (χ0n) is 11.8. The zero-order valence-corrected chi connectivity index (χ0v) is 12.6. The molecule has 0 aromatic heterocycles. The molecule has 2 rings (SSSR count). The van der Waals surface area contributed by atoms with E-state index in [1.165, 1.54) is 5.56 Å². The SMILES string of the molecule is CC1(C)CC1C(=O)NCCCSCc1ccccc1. The van der Waals surface area contributed by atoms with Gasteiger partial charge in [-0.3, -0.25) is 4.79 Å². The van der Waals surface area contributed by atoms with Gasteiger partial charge in [0.25, 0.3) is 0 Å². The van der Waals surface area contributed by atoms with Crippen LogP contribution in [0, 0.1) is 11.3 Å². The van der Waals surface area contributed by atoms with E-state index >= 15 is 0 Å². The number of hydrogen-bond acceptors (Lipinski definition) is 2. The molecule has 104 valence electrons. The second-order valence-electron chi connectivity index (χ2n) is 5.93. The average Bonchev–Trinajstić information content (AvgIpc) is 3.04. The topological polar surface area (TPSA) is 29.1 Å². The van der Waals surface area contributed by atoms with E-state index in [2.05, 4.69) is 43.4 Å². The first-order valence-corrected chi connectivity index (χ1v) is 8.14. The molecule has 0 spiro atoms. The molecule has 0 saturated heterocycles. The Morgan fingerprint density at radius 1 is 1.37 bits per heavy atom. The summed E-state index contributed by atoms with van der Waals surface area (Å²) in [5, 5.41) is 3.05. The number of carbonyl (C=O) groups excluding carboxylic acids is 1. The Bertz CT molecular complexity index is 416. The van der Waals surface area contributed by atoms with Crippen molar-refractivity contribution in [3.05, 3.63) is 35.9 Å². The number of hydrogen-bond donors (Lipinski definition) is 1. The summed E-state index contributed by atoms with van der Waals surface area (Å²) in [7, 11) is 0. The van der Waals surface area contributed by atoms with Crippen molar-refractivity contribution in [2.75, 3.05) is 12.3 Å². The maximum absolute atomic E-state index is 11.8. The molecule has 1 aromatic rings. The van der Waals surface area contributed by atoms with Crippen molar-refractivity contribution in [2.45, 2.75) is 32.4 Å². The van der Waals surface area contributed by atoms with Gasteiger partial charge in [0.15, 0.2) is 0 Å². The maximum atomic E-state index is 11.8. The van der Waals surface area contributed by atoms with Crippen molar-refractivity contribution >= 4 is 17.7 Å². The van der Waals surface area contributed by atoms with Gasteiger partial charge in [-0.2, -0.15) is 11.8 Å². The Balaban J connectivity index is 1.50. The average molecular weight is 277 g/mol. The normalized spacial score (nSPS) is 20.0. The fourth-order valence-corrected chi connectivity index (χ4v) is 3.11. The minimum absolute atomic E-state index is 0.242. The van der Waals surface area contributed by atoms with Gasteiger partial charge in [0, 0.05) is 18.2 Å². The molecule has 1 aliphatic rings. The van der Waals surface area contributed by atoms with Crippen LogP contribution in [0.1, 0.15) is 32.3 Å². The summed E-state index contributed by atoms with van der Waals surface area (Å²) in [5.41, 5.74) is 1.61. The van der Waals surface area contributed by atoms with E-state index in [0.29, 0.717) is 0 Å². The van der Waals surface area contributed by atoms with E-state index < -0.39 is 0 Å². The number of carbonyl (C=O) groups is 1. The fourth-order valence-electron chi connectivity index (χ4n) is 2.19. The molecular formula is C16H23NOS. The lowest BCUT2D eigenvalue weighted by Crippen LogP contribution is -2.27. The van der Waals surface area contributed by atoms with E-state index in [-0.39, 0.29) is 17.2 Å². The summed E-state index contributed by atoms with van der Waals surface area (Å²) in [6, 6.07) is 10.5. The Kier molecular flexibility index (Phi) is 4.92. The highest BCUT2D eigenvalue weighted by atomic mass is 32.2. The van der Waals surface area contributed by atoms with Crippen molar-refractivity contribution in [3.8, 4) is 0 Å². The van der Waals surface area contributed by atoms with Gasteiger partial charge in [-0.25, -0.2) is 0 Å². The van der Waals surface area contributed by atoms with Gasteiger partial charge in [0.2, 0.25) is 5.91 Å². The molecule has 1 amide bonds. The number of rotatable bonds is 7. The lowest BCUT2D eigenvalue weighted by Gasteiger charge is -2.06. The lowest BCUT2D eigenvalue weighted by molar-refractivity contribution is -0.122. The summed E-state index contributed by atoms with van der Waals surface area (Å²) < 4.78 is 0. The lowest BCUT2D eigenvalue weighted by atomic mass is 10.1. The third-order valence-corrected chi connectivity index (χ3v) is 4.82. The standard InChI is InChI=1S/C16H23NOS/c1-16(2)11-14(16)15(18)17-9-6-10-19-12-13-7-4-3-5-8-13/h3-5,7-8,14H,6,9-12H2,1-2H3,(H,17,18). The molecule has 1 fully saturated rings. The minimum atomic E-state index is 0.242. The van der Waals surface area contributed by atoms with Crippen molar-refractivity contribution in [1.82, 2.24) is 5.32 Å². The van der Waals surface area contributed by atoms with Crippen LogP contribution in [0.3, 0.4) is 0 Å². The first kappa shape index (κ1) is 14.4. The largest absolute Gasteiger partial charge is 0.356 e. The highest BCUT2D eigenvalue weighted by molar-refractivity contribution is 7.98. The Morgan fingerprint density at radius 3 is 2.68 bits per heavy atom. The molecule has 1 atom stereocenters. The van der Waals surface area contributed by atoms with Gasteiger partial charge >= 0.3 is 0 Å². The highest BCUT2D eigenvalue weighted by Gasteiger charge is 2.50. The van der Waals surface area contributed by atoms with Gasteiger partial charge in [-0.05, 0) is 29.6 Å². The molecule has 0 radical (unpaired) electrons. The van der Waals surface area contributed by atoms with Crippen molar-refractivity contribution in [3.63, 3.8) is 0 Å². The number of benzene rings is 1. The summed E-state index contributed by atoms with van der Waals surface area (Å²) in [6.45, 7) is 5.13. The molecule has 1 saturated carbocycles. The van der Waals surface area contributed by atoms with Gasteiger partial charge < -0.3 is 5.32 Å². The first-order chi connectivity index (χ1) is 9.09. The van der Waals surface area contributed by atoms with Crippen molar-refractivity contribution < 1.29 is 4.79 Å². The predicted octanol–water partition coefficient (Wildman–Crippen LogP) is 3.47. The zero-order chi connectivity index (χ0) is 13.7. The maximum Gasteiger partial charge on any atom is 0.223 e. The Hall–Kier alpha value is -0.960. The van der Waals surface area contributed by atoms with Crippen LogP contribution in [0.2, 0.25) is 0 Å². The van der Waals surface area contributed by atoms with E-state index in [1.54, 1.807) is 0 Å². The van der Waals surface area contributed by atoms with E-state index in [0.717, 1.165) is 30.9 Å². The smallest absolute Gasteiger partial charge is 0.223 e. The van der Waals surface area contributed by atoms with Gasteiger partial charge in [0.1, 0.15) is 0 Å². The molecule has 1 N–H and O–H groups in total. The molecule has 0 heterocycles. The second kappa shape index (κ2) is 6.47. The third-order valence-electron chi connectivity index (χ3n) is 3.71. The molecule has 0 aliphatic heterocycles. The third kappa shape index (κ3) is 4.57. The molecular weight excluding hydrogens is 254 g/mol. The number of thioether (sulfide) groups is 1. The highest BCUT2D eigenvalue weighted by Crippen LogP contribution is 2.51. The van der Waals surface area contributed by atoms with Crippen LogP contribution in [0.4, 0.5) is 0 Å². The molecule has 19 heavy (non-hydrogen) atoms. The molecule has 3 heteroatoms. The summed E-state index contributed by atoms with van der Waals surface area (Å²) >= 11 is 1.93. The van der Waals surface area contributed by atoms with Crippen LogP contribution < -0.4 is 5.32 Å². The van der Waals surface area contributed by atoms with Crippen LogP contribution in [0.5, 0.6) is 0 Å². The molecule has 1 unspecified atom stereocenters. The molecule has 0 bridgehead atoms. The molecule has 1 aliphatic carbocycles. The second-order valence-corrected chi connectivity index (χ2v) is 7.03. The van der Waals surface area contributed by atoms with E-state index in [9.17, 15) is 4.79 Å². The monoisotopic (exact) mass is 277 g/mol. The number of nitrogens with one attached hydrogen (secondary N) is 1. The van der Waals surface area contributed by atoms with E-state index in [1.807, 2.05) is 17.8 Å². The summed E-state index contributed by atoms with van der Waals surface area (Å²) in [4.78, 5) is 11.8. The molecule has 2 nitrogen and oxygen atoms in total. The Labute approximate surface area is 120 Å². The van der Waals surface area contributed by atoms with Crippen LogP contribution in [0.15, 0.2) is 30.3 Å². The van der Waals surface area contributed by atoms with Gasteiger partial charge in [0.05, 0.1) is 0 Å². The fraction of sp³-hybridized carbons (Fsp3) is 0.562. The van der Waals surface area contributed by atoms with Gasteiger partial charge in [-0.1, -0.05) is 44.2 Å². The summed E-state index contributed by atoms with van der Waals surface area (Å²) in [5.74, 6) is 2.66. The molecule has 1 aromatic carbocycles. The van der Waals surface area contributed by atoms with E-state index in [4.69, 9.17) is 0 Å². The van der Waals surface area contributed by atoms with Crippen LogP contribution in [-0.2, 0) is 10.5 Å². The number of amides is 1. The van der Waals surface area contributed by atoms with Gasteiger partial charge in [-0.15, -0.1) is 0 Å². The quantitative estimate of drug-likeness (QED) is 0.773. The minimum Gasteiger partial charge on any atom is -0.356 e. The van der Waals surface area contributed by atoms with Crippen molar-refractivity contribution in [1.29, 1.82) is 0 Å². The Morgan fingerprint density at radius 2 is 2.05 bits per heavy atom. The van der Waals surface area contributed by atoms with Crippen LogP contribution in [-0.4, -0.2) is 18.2 Å².